The molecule has 21 heavy (non-hydrogen) atoms. The van der Waals surface area contributed by atoms with Gasteiger partial charge in [0.1, 0.15) is 0 Å². The summed E-state index contributed by atoms with van der Waals surface area (Å²) in [6, 6.07) is 4.84. The lowest BCUT2D eigenvalue weighted by Gasteiger charge is -2.09. The maximum absolute atomic E-state index is 11.9. The summed E-state index contributed by atoms with van der Waals surface area (Å²) in [7, 11) is 1.78. The highest BCUT2D eigenvalue weighted by Gasteiger charge is 2.13. The molecule has 0 aliphatic carbocycles. The Morgan fingerprint density at radius 3 is 2.76 bits per heavy atom. The number of carbonyl (C=O) groups excluding carboxylic acids is 1. The fourth-order valence-corrected chi connectivity index (χ4v) is 1.87. The smallest absolute Gasteiger partial charge is 0.337 e. The van der Waals surface area contributed by atoms with Gasteiger partial charge in [0.05, 0.1) is 17.4 Å². The van der Waals surface area contributed by atoms with Crippen molar-refractivity contribution >= 4 is 23.6 Å². The Hall–Kier alpha value is -2.89. The van der Waals surface area contributed by atoms with Crippen LogP contribution in [0.15, 0.2) is 36.7 Å². The molecule has 1 heterocycles. The third-order valence-electron chi connectivity index (χ3n) is 2.90. The van der Waals surface area contributed by atoms with Gasteiger partial charge in [-0.15, -0.1) is 0 Å². The van der Waals surface area contributed by atoms with Crippen LogP contribution in [0.5, 0.6) is 0 Å². The van der Waals surface area contributed by atoms with Crippen molar-refractivity contribution in [1.29, 1.82) is 0 Å². The monoisotopic (exact) mass is 285 g/mol. The van der Waals surface area contributed by atoms with Crippen molar-refractivity contribution in [2.75, 3.05) is 5.32 Å². The van der Waals surface area contributed by atoms with Gasteiger partial charge in [-0.05, 0) is 24.6 Å². The number of hydrogen-bond donors (Lipinski definition) is 2. The van der Waals surface area contributed by atoms with Gasteiger partial charge in [-0.3, -0.25) is 9.48 Å². The second-order valence-electron chi connectivity index (χ2n) is 4.57. The van der Waals surface area contributed by atoms with Gasteiger partial charge in [0, 0.05) is 24.9 Å². The van der Waals surface area contributed by atoms with Crippen molar-refractivity contribution in [1.82, 2.24) is 9.78 Å². The number of carbonyl (C=O) groups is 2. The zero-order valence-corrected chi connectivity index (χ0v) is 11.7. The van der Waals surface area contributed by atoms with Crippen LogP contribution >= 0.6 is 0 Å². The minimum Gasteiger partial charge on any atom is -0.478 e. The molecular formula is C15H15N3O3. The van der Waals surface area contributed by atoms with E-state index >= 15 is 0 Å². The molecule has 2 rings (SSSR count). The Morgan fingerprint density at radius 1 is 1.38 bits per heavy atom. The van der Waals surface area contributed by atoms with E-state index in [2.05, 4.69) is 10.4 Å². The second-order valence-corrected chi connectivity index (χ2v) is 4.57. The number of aromatic nitrogens is 2. The molecule has 2 N–H and O–H groups in total. The standard InChI is InChI=1S/C15H15N3O3/c1-10-4-3-5-12(15(20)21)14(10)17-13(19)7-6-11-8-16-18(2)9-11/h3-9H,1-2H3,(H,17,19)(H,20,21)/b7-6+. The van der Waals surface area contributed by atoms with Crippen molar-refractivity contribution in [3.8, 4) is 0 Å². The molecule has 0 aliphatic rings. The van der Waals surface area contributed by atoms with E-state index in [-0.39, 0.29) is 5.56 Å². The van der Waals surface area contributed by atoms with Crippen LogP contribution in [0, 0.1) is 6.92 Å². The van der Waals surface area contributed by atoms with Crippen LogP contribution in [0.2, 0.25) is 0 Å². The van der Waals surface area contributed by atoms with Gasteiger partial charge in [-0.2, -0.15) is 5.10 Å². The molecule has 0 fully saturated rings. The molecule has 0 atom stereocenters. The molecule has 1 aromatic heterocycles. The number of rotatable bonds is 4. The van der Waals surface area contributed by atoms with E-state index in [4.69, 9.17) is 5.11 Å². The number of carboxylic acid groups (broad SMARTS) is 1. The summed E-state index contributed by atoms with van der Waals surface area (Å²) in [6.45, 7) is 1.74. The predicted molar refractivity (Wildman–Crippen MR) is 79.0 cm³/mol. The highest BCUT2D eigenvalue weighted by molar-refractivity contribution is 6.06. The zero-order chi connectivity index (χ0) is 15.4. The third-order valence-corrected chi connectivity index (χ3v) is 2.90. The van der Waals surface area contributed by atoms with E-state index in [0.717, 1.165) is 5.56 Å². The lowest BCUT2D eigenvalue weighted by atomic mass is 10.1. The maximum atomic E-state index is 11.9. The summed E-state index contributed by atoms with van der Waals surface area (Å²) in [6.07, 6.45) is 6.34. The van der Waals surface area contributed by atoms with Gasteiger partial charge in [0.15, 0.2) is 0 Å². The summed E-state index contributed by atoms with van der Waals surface area (Å²) in [4.78, 5) is 23.1. The zero-order valence-electron chi connectivity index (χ0n) is 11.7. The van der Waals surface area contributed by atoms with Crippen molar-refractivity contribution in [2.24, 2.45) is 7.05 Å². The van der Waals surface area contributed by atoms with Crippen LogP contribution in [0.25, 0.3) is 6.08 Å². The number of amides is 1. The van der Waals surface area contributed by atoms with Crippen molar-refractivity contribution < 1.29 is 14.7 Å². The van der Waals surface area contributed by atoms with Crippen LogP contribution in [-0.4, -0.2) is 26.8 Å². The fourth-order valence-electron chi connectivity index (χ4n) is 1.87. The summed E-state index contributed by atoms with van der Waals surface area (Å²) in [5.41, 5.74) is 1.86. The van der Waals surface area contributed by atoms with Gasteiger partial charge >= 0.3 is 5.97 Å². The van der Waals surface area contributed by atoms with Crippen molar-refractivity contribution in [2.45, 2.75) is 6.92 Å². The Balaban J connectivity index is 2.16. The highest BCUT2D eigenvalue weighted by Crippen LogP contribution is 2.20. The van der Waals surface area contributed by atoms with E-state index in [9.17, 15) is 9.59 Å². The summed E-state index contributed by atoms with van der Waals surface area (Å²) >= 11 is 0. The van der Waals surface area contributed by atoms with Gasteiger partial charge in [-0.1, -0.05) is 12.1 Å². The Kier molecular flexibility index (Phi) is 4.18. The first-order chi connectivity index (χ1) is 9.97. The Morgan fingerprint density at radius 2 is 2.14 bits per heavy atom. The largest absolute Gasteiger partial charge is 0.478 e. The van der Waals surface area contributed by atoms with Crippen molar-refractivity contribution in [3.63, 3.8) is 0 Å². The molecule has 0 saturated heterocycles. The normalized spacial score (nSPS) is 10.8. The molecule has 0 saturated carbocycles. The van der Waals surface area contributed by atoms with Gasteiger partial charge in [0.2, 0.25) is 5.91 Å². The molecule has 0 unspecified atom stereocenters. The number of hydrogen-bond acceptors (Lipinski definition) is 3. The molecular weight excluding hydrogens is 270 g/mol. The minimum absolute atomic E-state index is 0.0677. The van der Waals surface area contributed by atoms with Gasteiger partial charge < -0.3 is 10.4 Å². The lowest BCUT2D eigenvalue weighted by molar-refractivity contribution is -0.111. The van der Waals surface area contributed by atoms with Crippen LogP contribution in [0.1, 0.15) is 21.5 Å². The molecule has 0 bridgehead atoms. The average molecular weight is 285 g/mol. The van der Waals surface area contributed by atoms with E-state index in [1.165, 1.54) is 12.1 Å². The molecule has 1 amide bonds. The molecule has 0 spiro atoms. The van der Waals surface area contributed by atoms with Crippen LogP contribution in [-0.2, 0) is 11.8 Å². The second kappa shape index (κ2) is 6.04. The molecule has 108 valence electrons. The predicted octanol–water partition coefficient (Wildman–Crippen LogP) is 2.08. The number of nitrogens with one attached hydrogen (secondary N) is 1. The quantitative estimate of drug-likeness (QED) is 0.842. The first-order valence-corrected chi connectivity index (χ1v) is 6.28. The Labute approximate surface area is 121 Å². The third kappa shape index (κ3) is 3.56. The molecule has 0 radical (unpaired) electrons. The van der Waals surface area contributed by atoms with Gasteiger partial charge in [-0.25, -0.2) is 4.79 Å². The molecule has 2 aromatic rings. The number of benzene rings is 1. The Bertz CT molecular complexity index is 717. The van der Waals surface area contributed by atoms with E-state index < -0.39 is 11.9 Å². The fraction of sp³-hybridized carbons (Fsp3) is 0.133. The highest BCUT2D eigenvalue weighted by atomic mass is 16.4. The van der Waals surface area contributed by atoms with Crippen LogP contribution in [0.4, 0.5) is 5.69 Å². The summed E-state index contributed by atoms with van der Waals surface area (Å²) < 4.78 is 1.63. The van der Waals surface area contributed by atoms with E-state index in [1.807, 2.05) is 0 Å². The number of anilines is 1. The summed E-state index contributed by atoms with van der Waals surface area (Å²) in [5.74, 6) is -1.47. The van der Waals surface area contributed by atoms with Crippen LogP contribution in [0.3, 0.4) is 0 Å². The average Bonchev–Trinajstić information content (AvgIpc) is 2.84. The minimum atomic E-state index is -1.08. The first kappa shape index (κ1) is 14.5. The van der Waals surface area contributed by atoms with Crippen LogP contribution < -0.4 is 5.32 Å². The topological polar surface area (TPSA) is 84.2 Å². The van der Waals surface area contributed by atoms with E-state index in [1.54, 1.807) is 49.3 Å². The van der Waals surface area contributed by atoms with Gasteiger partial charge in [0.25, 0.3) is 0 Å². The number of nitrogens with zero attached hydrogens (tertiary/aromatic N) is 2. The van der Waals surface area contributed by atoms with Crippen molar-refractivity contribution in [3.05, 3.63) is 53.4 Å². The molecule has 6 heteroatoms. The number of para-hydroxylation sites is 1. The maximum Gasteiger partial charge on any atom is 0.337 e. The first-order valence-electron chi connectivity index (χ1n) is 6.28. The SMILES string of the molecule is Cc1cccc(C(=O)O)c1NC(=O)/C=C/c1cnn(C)c1. The lowest BCUT2D eigenvalue weighted by Crippen LogP contribution is -2.13. The summed E-state index contributed by atoms with van der Waals surface area (Å²) in [5, 5.41) is 15.7. The molecule has 1 aromatic carbocycles. The number of aromatic carboxylic acids is 1. The number of carboxylic acids is 1. The number of aryl methyl sites for hydroxylation is 2. The van der Waals surface area contributed by atoms with E-state index in [0.29, 0.717) is 11.3 Å². The molecule has 0 aliphatic heterocycles. The molecule has 6 nitrogen and oxygen atoms in total.